The number of phenols is 1. The highest BCUT2D eigenvalue weighted by atomic mass is 32.2. The molecule has 0 aliphatic rings. The zero-order chi connectivity index (χ0) is 15.7. The second-order valence-electron chi connectivity index (χ2n) is 4.83. The van der Waals surface area contributed by atoms with E-state index in [4.69, 9.17) is 0 Å². The normalized spacial score (nSPS) is 11.7. The van der Waals surface area contributed by atoms with Crippen molar-refractivity contribution in [3.05, 3.63) is 48.8 Å². The van der Waals surface area contributed by atoms with Crippen LogP contribution in [0.1, 0.15) is 6.92 Å². The molecule has 0 aliphatic heterocycles. The molecule has 2 N–H and O–H groups in total. The SMILES string of the molecule is CCS(=O)(=O)Nc1cc(O)ccc1-c1cn2ccccc2n1. The first-order valence-corrected chi connectivity index (χ1v) is 8.41. The van der Waals surface area contributed by atoms with Gasteiger partial charge in [0.25, 0.3) is 0 Å². The summed E-state index contributed by atoms with van der Waals surface area (Å²) in [6, 6.07) is 10.2. The number of sulfonamides is 1. The maximum atomic E-state index is 11.8. The lowest BCUT2D eigenvalue weighted by Crippen LogP contribution is -2.15. The molecule has 0 aliphatic carbocycles. The van der Waals surface area contributed by atoms with Crippen LogP contribution in [0.4, 0.5) is 5.69 Å². The number of imidazole rings is 1. The van der Waals surface area contributed by atoms with Gasteiger partial charge in [-0.3, -0.25) is 4.72 Å². The van der Waals surface area contributed by atoms with E-state index in [0.29, 0.717) is 16.9 Å². The zero-order valence-electron chi connectivity index (χ0n) is 11.9. The van der Waals surface area contributed by atoms with Crippen LogP contribution < -0.4 is 4.72 Å². The molecule has 3 rings (SSSR count). The maximum Gasteiger partial charge on any atom is 0.232 e. The molecule has 0 amide bonds. The minimum Gasteiger partial charge on any atom is -0.508 e. The van der Waals surface area contributed by atoms with Crippen LogP contribution in [0.3, 0.4) is 0 Å². The second kappa shape index (κ2) is 5.34. The zero-order valence-corrected chi connectivity index (χ0v) is 12.7. The summed E-state index contributed by atoms with van der Waals surface area (Å²) in [4.78, 5) is 4.48. The fourth-order valence-corrected chi connectivity index (χ4v) is 2.79. The molecule has 0 saturated heterocycles. The molecule has 3 aromatic rings. The number of anilines is 1. The topological polar surface area (TPSA) is 83.7 Å². The highest BCUT2D eigenvalue weighted by Gasteiger charge is 2.14. The highest BCUT2D eigenvalue weighted by Crippen LogP contribution is 2.31. The van der Waals surface area contributed by atoms with Crippen molar-refractivity contribution in [3.63, 3.8) is 0 Å². The Morgan fingerprint density at radius 1 is 1.27 bits per heavy atom. The van der Waals surface area contributed by atoms with Gasteiger partial charge in [-0.1, -0.05) is 6.07 Å². The number of aromatic nitrogens is 2. The molecule has 0 bridgehead atoms. The first-order valence-electron chi connectivity index (χ1n) is 6.76. The molecule has 2 aromatic heterocycles. The number of phenolic OH excluding ortho intramolecular Hbond substituents is 1. The van der Waals surface area contributed by atoms with Crippen molar-refractivity contribution in [2.24, 2.45) is 0 Å². The molecule has 114 valence electrons. The van der Waals surface area contributed by atoms with Crippen LogP contribution in [0, 0.1) is 0 Å². The van der Waals surface area contributed by atoms with Crippen LogP contribution >= 0.6 is 0 Å². The van der Waals surface area contributed by atoms with E-state index >= 15 is 0 Å². The molecule has 0 fully saturated rings. The Bertz CT molecular complexity index is 899. The van der Waals surface area contributed by atoms with Gasteiger partial charge in [-0.15, -0.1) is 0 Å². The number of nitrogens with one attached hydrogen (secondary N) is 1. The third kappa shape index (κ3) is 2.75. The Balaban J connectivity index is 2.13. The van der Waals surface area contributed by atoms with E-state index in [1.807, 2.05) is 35.0 Å². The Hall–Kier alpha value is -2.54. The number of rotatable bonds is 4. The number of hydrogen-bond acceptors (Lipinski definition) is 4. The van der Waals surface area contributed by atoms with Crippen LogP contribution in [-0.4, -0.2) is 28.7 Å². The Morgan fingerprint density at radius 2 is 2.09 bits per heavy atom. The number of aromatic hydroxyl groups is 1. The van der Waals surface area contributed by atoms with Crippen molar-refractivity contribution >= 4 is 21.4 Å². The average Bonchev–Trinajstić information content (AvgIpc) is 2.90. The minimum absolute atomic E-state index is 0.0127. The summed E-state index contributed by atoms with van der Waals surface area (Å²) < 4.78 is 28.0. The van der Waals surface area contributed by atoms with E-state index < -0.39 is 10.0 Å². The first-order chi connectivity index (χ1) is 10.5. The Labute approximate surface area is 128 Å². The molecule has 0 saturated carbocycles. The molecule has 6 nitrogen and oxygen atoms in total. The van der Waals surface area contributed by atoms with Crippen molar-refractivity contribution in [3.8, 4) is 17.0 Å². The Kier molecular flexibility index (Phi) is 3.50. The number of benzene rings is 1. The van der Waals surface area contributed by atoms with Crippen molar-refractivity contribution in [2.45, 2.75) is 6.92 Å². The summed E-state index contributed by atoms with van der Waals surface area (Å²) in [6.07, 6.45) is 3.67. The van der Waals surface area contributed by atoms with Crippen molar-refractivity contribution in [2.75, 3.05) is 10.5 Å². The number of pyridine rings is 1. The lowest BCUT2D eigenvalue weighted by Gasteiger charge is -2.10. The third-order valence-corrected chi connectivity index (χ3v) is 4.58. The van der Waals surface area contributed by atoms with Gasteiger partial charge in [0, 0.05) is 24.0 Å². The molecule has 7 heteroatoms. The molecule has 0 spiro atoms. The summed E-state index contributed by atoms with van der Waals surface area (Å²) in [5.41, 5.74) is 2.30. The average molecular weight is 317 g/mol. The standard InChI is InChI=1S/C15H15N3O3S/c1-2-22(20,21)17-13-9-11(19)6-7-12(13)14-10-18-8-4-3-5-15(18)16-14/h3-10,17,19H,2H2,1H3. The second-order valence-corrected chi connectivity index (χ2v) is 6.84. The van der Waals surface area contributed by atoms with Crippen LogP contribution in [0.2, 0.25) is 0 Å². The van der Waals surface area contributed by atoms with Gasteiger partial charge < -0.3 is 9.51 Å². The van der Waals surface area contributed by atoms with Crippen LogP contribution in [0.5, 0.6) is 5.75 Å². The lowest BCUT2D eigenvalue weighted by atomic mass is 10.1. The van der Waals surface area contributed by atoms with Gasteiger partial charge in [0.2, 0.25) is 10.0 Å². The third-order valence-electron chi connectivity index (χ3n) is 3.29. The molecular weight excluding hydrogens is 302 g/mol. The van der Waals surface area contributed by atoms with Crippen molar-refractivity contribution in [1.29, 1.82) is 0 Å². The summed E-state index contributed by atoms with van der Waals surface area (Å²) in [6.45, 7) is 1.55. The van der Waals surface area contributed by atoms with E-state index in [1.165, 1.54) is 12.1 Å². The van der Waals surface area contributed by atoms with E-state index in [0.717, 1.165) is 5.65 Å². The first kappa shape index (κ1) is 14.4. The number of nitrogens with zero attached hydrogens (tertiary/aromatic N) is 2. The highest BCUT2D eigenvalue weighted by molar-refractivity contribution is 7.92. The van der Waals surface area contributed by atoms with Gasteiger partial charge in [0.15, 0.2) is 0 Å². The summed E-state index contributed by atoms with van der Waals surface area (Å²) in [7, 11) is -3.45. The predicted octanol–water partition coefficient (Wildman–Crippen LogP) is 2.47. The van der Waals surface area contributed by atoms with Crippen LogP contribution in [-0.2, 0) is 10.0 Å². The molecule has 0 atom stereocenters. The fourth-order valence-electron chi connectivity index (χ4n) is 2.14. The molecular formula is C15H15N3O3S. The number of fused-ring (bicyclic) bond motifs is 1. The molecule has 22 heavy (non-hydrogen) atoms. The van der Waals surface area contributed by atoms with E-state index in [9.17, 15) is 13.5 Å². The molecule has 0 radical (unpaired) electrons. The number of hydrogen-bond donors (Lipinski definition) is 2. The van der Waals surface area contributed by atoms with Gasteiger partial charge in [-0.05, 0) is 31.2 Å². The van der Waals surface area contributed by atoms with Gasteiger partial charge in [0.05, 0.1) is 17.1 Å². The van der Waals surface area contributed by atoms with E-state index in [1.54, 1.807) is 13.0 Å². The van der Waals surface area contributed by atoms with Gasteiger partial charge in [-0.2, -0.15) is 0 Å². The summed E-state index contributed by atoms with van der Waals surface area (Å²) in [5, 5.41) is 9.63. The largest absolute Gasteiger partial charge is 0.508 e. The summed E-state index contributed by atoms with van der Waals surface area (Å²) in [5.74, 6) is -0.0610. The van der Waals surface area contributed by atoms with Gasteiger partial charge >= 0.3 is 0 Å². The van der Waals surface area contributed by atoms with Crippen molar-refractivity contribution < 1.29 is 13.5 Å². The van der Waals surface area contributed by atoms with E-state index in [2.05, 4.69) is 9.71 Å². The predicted molar refractivity (Wildman–Crippen MR) is 85.4 cm³/mol. The lowest BCUT2D eigenvalue weighted by molar-refractivity contribution is 0.475. The van der Waals surface area contributed by atoms with Crippen molar-refractivity contribution in [1.82, 2.24) is 9.38 Å². The summed E-state index contributed by atoms with van der Waals surface area (Å²) >= 11 is 0. The molecule has 0 unspecified atom stereocenters. The molecule has 1 aromatic carbocycles. The minimum atomic E-state index is -3.45. The fraction of sp³-hybridized carbons (Fsp3) is 0.133. The van der Waals surface area contributed by atoms with Crippen LogP contribution in [0.15, 0.2) is 48.8 Å². The molecule has 2 heterocycles. The van der Waals surface area contributed by atoms with E-state index in [-0.39, 0.29) is 11.5 Å². The Morgan fingerprint density at radius 3 is 2.82 bits per heavy atom. The van der Waals surface area contributed by atoms with Crippen LogP contribution in [0.25, 0.3) is 16.9 Å². The maximum absolute atomic E-state index is 11.8. The van der Waals surface area contributed by atoms with Gasteiger partial charge in [0.1, 0.15) is 11.4 Å². The smallest absolute Gasteiger partial charge is 0.232 e. The monoisotopic (exact) mass is 317 g/mol. The quantitative estimate of drug-likeness (QED) is 0.774. The van der Waals surface area contributed by atoms with Gasteiger partial charge in [-0.25, -0.2) is 13.4 Å².